The zero-order chi connectivity index (χ0) is 11.7. The first kappa shape index (κ1) is 11.6. The molecule has 2 atom stereocenters. The van der Waals surface area contributed by atoms with Crippen molar-refractivity contribution in [3.8, 4) is 0 Å². The molecule has 3 rings (SSSR count). The number of aromatic nitrogens is 1. The number of hydrogen-bond acceptors (Lipinski definition) is 4. The molecule has 0 saturated carbocycles. The van der Waals surface area contributed by atoms with Gasteiger partial charge < -0.3 is 10.1 Å². The Morgan fingerprint density at radius 1 is 1.47 bits per heavy atom. The van der Waals surface area contributed by atoms with Crippen molar-refractivity contribution in [2.24, 2.45) is 0 Å². The molecule has 0 radical (unpaired) electrons. The number of rotatable bonds is 4. The third-order valence-electron chi connectivity index (χ3n) is 3.64. The Balaban J connectivity index is 1.81. The molecule has 0 amide bonds. The van der Waals surface area contributed by atoms with E-state index in [0.717, 1.165) is 13.2 Å². The van der Waals surface area contributed by atoms with E-state index in [2.05, 4.69) is 12.2 Å². The average Bonchev–Trinajstić information content (AvgIpc) is 3.01. The maximum absolute atomic E-state index is 5.83. The first-order chi connectivity index (χ1) is 8.38. The number of aryl methyl sites for hydroxylation is 2. The van der Waals surface area contributed by atoms with Gasteiger partial charge in [0.05, 0.1) is 17.8 Å². The van der Waals surface area contributed by atoms with Crippen LogP contribution < -0.4 is 5.32 Å². The predicted molar refractivity (Wildman–Crippen MR) is 69.5 cm³/mol. The van der Waals surface area contributed by atoms with Gasteiger partial charge in [-0.25, -0.2) is 4.98 Å². The smallest absolute Gasteiger partial charge is 0.113 e. The van der Waals surface area contributed by atoms with E-state index in [1.807, 2.05) is 11.3 Å². The van der Waals surface area contributed by atoms with Crippen LogP contribution in [0.25, 0.3) is 0 Å². The molecule has 1 N–H and O–H groups in total. The standard InChI is InChI=1S/C13H20N2OS/c1-2-14-12(10-6-4-8-16-10)13-15-9-5-3-7-11(9)17-13/h10,12,14H,2-8H2,1H3. The highest BCUT2D eigenvalue weighted by Crippen LogP contribution is 2.34. The Hall–Kier alpha value is -0.450. The van der Waals surface area contributed by atoms with E-state index in [1.165, 1.54) is 47.7 Å². The van der Waals surface area contributed by atoms with Gasteiger partial charge >= 0.3 is 0 Å². The van der Waals surface area contributed by atoms with Crippen molar-refractivity contribution in [3.63, 3.8) is 0 Å². The van der Waals surface area contributed by atoms with Gasteiger partial charge in [-0.1, -0.05) is 6.92 Å². The summed E-state index contributed by atoms with van der Waals surface area (Å²) in [4.78, 5) is 6.35. The quantitative estimate of drug-likeness (QED) is 0.894. The van der Waals surface area contributed by atoms with Crippen molar-refractivity contribution in [2.45, 2.75) is 51.2 Å². The zero-order valence-electron chi connectivity index (χ0n) is 10.4. The molecule has 0 bridgehead atoms. The van der Waals surface area contributed by atoms with Gasteiger partial charge in [-0.15, -0.1) is 11.3 Å². The second-order valence-corrected chi connectivity index (χ2v) is 5.98. The zero-order valence-corrected chi connectivity index (χ0v) is 11.2. The fourth-order valence-corrected chi connectivity index (χ4v) is 4.09. The summed E-state index contributed by atoms with van der Waals surface area (Å²) < 4.78 is 5.83. The van der Waals surface area contributed by atoms with Gasteiger partial charge in [0.2, 0.25) is 0 Å². The lowest BCUT2D eigenvalue weighted by molar-refractivity contribution is 0.0787. The first-order valence-corrected chi connectivity index (χ1v) is 7.53. The van der Waals surface area contributed by atoms with E-state index < -0.39 is 0 Å². The van der Waals surface area contributed by atoms with Crippen LogP contribution in [0.4, 0.5) is 0 Å². The molecular formula is C13H20N2OS. The van der Waals surface area contributed by atoms with Crippen LogP contribution >= 0.6 is 11.3 Å². The fourth-order valence-electron chi connectivity index (χ4n) is 2.81. The first-order valence-electron chi connectivity index (χ1n) is 6.72. The number of nitrogens with one attached hydrogen (secondary N) is 1. The topological polar surface area (TPSA) is 34.2 Å². The van der Waals surface area contributed by atoms with E-state index >= 15 is 0 Å². The molecule has 1 aliphatic carbocycles. The maximum Gasteiger partial charge on any atom is 0.113 e. The second-order valence-electron chi connectivity index (χ2n) is 4.86. The molecule has 4 heteroatoms. The van der Waals surface area contributed by atoms with Gasteiger partial charge in [-0.3, -0.25) is 0 Å². The molecule has 17 heavy (non-hydrogen) atoms. The van der Waals surface area contributed by atoms with Crippen LogP contribution in [0.15, 0.2) is 0 Å². The van der Waals surface area contributed by atoms with E-state index in [4.69, 9.17) is 9.72 Å². The van der Waals surface area contributed by atoms with Crippen molar-refractivity contribution in [1.82, 2.24) is 10.3 Å². The summed E-state index contributed by atoms with van der Waals surface area (Å²) in [5.74, 6) is 0. The molecule has 1 aromatic rings. The summed E-state index contributed by atoms with van der Waals surface area (Å²) >= 11 is 1.90. The highest BCUT2D eigenvalue weighted by Gasteiger charge is 2.30. The minimum atomic E-state index is 0.318. The van der Waals surface area contributed by atoms with Gasteiger partial charge in [-0.2, -0.15) is 0 Å². The summed E-state index contributed by atoms with van der Waals surface area (Å²) in [5.41, 5.74) is 1.35. The van der Waals surface area contributed by atoms with E-state index in [-0.39, 0.29) is 0 Å². The highest BCUT2D eigenvalue weighted by atomic mass is 32.1. The van der Waals surface area contributed by atoms with E-state index in [0.29, 0.717) is 12.1 Å². The molecule has 94 valence electrons. The molecular weight excluding hydrogens is 232 g/mol. The fraction of sp³-hybridized carbons (Fsp3) is 0.769. The van der Waals surface area contributed by atoms with E-state index in [1.54, 1.807) is 0 Å². The summed E-state index contributed by atoms with van der Waals surface area (Å²) in [7, 11) is 0. The molecule has 0 aromatic carbocycles. The Morgan fingerprint density at radius 3 is 3.12 bits per heavy atom. The minimum absolute atomic E-state index is 0.318. The average molecular weight is 252 g/mol. The molecule has 2 unspecified atom stereocenters. The Morgan fingerprint density at radius 2 is 2.41 bits per heavy atom. The Bertz CT molecular complexity index is 363. The largest absolute Gasteiger partial charge is 0.376 e. The molecule has 0 spiro atoms. The third-order valence-corrected chi connectivity index (χ3v) is 4.88. The van der Waals surface area contributed by atoms with Gasteiger partial charge in [0, 0.05) is 11.5 Å². The number of hydrogen-bond donors (Lipinski definition) is 1. The van der Waals surface area contributed by atoms with Gasteiger partial charge in [-0.05, 0) is 38.6 Å². The van der Waals surface area contributed by atoms with Crippen molar-refractivity contribution >= 4 is 11.3 Å². The number of ether oxygens (including phenoxy) is 1. The number of likely N-dealkylation sites (N-methyl/N-ethyl adjacent to an activating group) is 1. The van der Waals surface area contributed by atoms with E-state index in [9.17, 15) is 0 Å². The SMILES string of the molecule is CCNC(c1nc2c(s1)CCC2)C1CCCO1. The predicted octanol–water partition coefficient (Wildman–Crippen LogP) is 2.46. The number of thiazole rings is 1. The van der Waals surface area contributed by atoms with Gasteiger partial charge in [0.1, 0.15) is 5.01 Å². The normalized spacial score (nSPS) is 25.1. The lowest BCUT2D eigenvalue weighted by atomic mass is 10.1. The van der Waals surface area contributed by atoms with Crippen molar-refractivity contribution in [2.75, 3.05) is 13.2 Å². The highest BCUT2D eigenvalue weighted by molar-refractivity contribution is 7.11. The van der Waals surface area contributed by atoms with Crippen LogP contribution in [-0.2, 0) is 17.6 Å². The monoisotopic (exact) mass is 252 g/mol. The molecule has 1 saturated heterocycles. The number of fused-ring (bicyclic) bond motifs is 1. The van der Waals surface area contributed by atoms with Gasteiger partial charge in [0.15, 0.2) is 0 Å². The Labute approximate surface area is 107 Å². The van der Waals surface area contributed by atoms with Gasteiger partial charge in [0.25, 0.3) is 0 Å². The summed E-state index contributed by atoms with van der Waals surface area (Å²) in [6.07, 6.45) is 6.40. The lowest BCUT2D eigenvalue weighted by Gasteiger charge is -2.21. The van der Waals surface area contributed by atoms with Crippen LogP contribution in [0.2, 0.25) is 0 Å². The molecule has 2 aliphatic rings. The summed E-state index contributed by atoms with van der Waals surface area (Å²) in [5, 5.41) is 4.81. The molecule has 1 fully saturated rings. The molecule has 1 aromatic heterocycles. The summed E-state index contributed by atoms with van der Waals surface area (Å²) in [6.45, 7) is 4.05. The lowest BCUT2D eigenvalue weighted by Crippen LogP contribution is -2.31. The molecule has 2 heterocycles. The third kappa shape index (κ3) is 2.26. The van der Waals surface area contributed by atoms with Crippen LogP contribution in [0, 0.1) is 0 Å². The van der Waals surface area contributed by atoms with Crippen molar-refractivity contribution in [1.29, 1.82) is 0 Å². The summed E-state index contributed by atoms with van der Waals surface area (Å²) in [6, 6.07) is 0.318. The van der Waals surface area contributed by atoms with Crippen molar-refractivity contribution < 1.29 is 4.74 Å². The minimum Gasteiger partial charge on any atom is -0.376 e. The van der Waals surface area contributed by atoms with Crippen LogP contribution in [0.5, 0.6) is 0 Å². The molecule has 1 aliphatic heterocycles. The molecule has 3 nitrogen and oxygen atoms in total. The van der Waals surface area contributed by atoms with Crippen LogP contribution in [-0.4, -0.2) is 24.2 Å². The second kappa shape index (κ2) is 5.04. The maximum atomic E-state index is 5.83. The van der Waals surface area contributed by atoms with Crippen LogP contribution in [0.1, 0.15) is 47.8 Å². The van der Waals surface area contributed by atoms with Crippen molar-refractivity contribution in [3.05, 3.63) is 15.6 Å². The Kier molecular flexibility index (Phi) is 3.45. The number of nitrogens with zero attached hydrogens (tertiary/aromatic N) is 1. The van der Waals surface area contributed by atoms with Crippen LogP contribution in [0.3, 0.4) is 0 Å².